The Morgan fingerprint density at radius 2 is 1.71 bits per heavy atom. The molecule has 7 nitrogen and oxygen atoms in total. The largest absolute Gasteiger partial charge is 0.367 e. The fourth-order valence-corrected chi connectivity index (χ4v) is 4.73. The maximum absolute atomic E-state index is 13.5. The summed E-state index contributed by atoms with van der Waals surface area (Å²) in [6.45, 7) is 4.70. The molecule has 3 heterocycles. The van der Waals surface area contributed by atoms with Crippen LogP contribution in [0.2, 0.25) is 0 Å². The standard InChI is InChI=1S/C27H30N6O/c1-2-3-8-22-15-16-25(32-17-6-7-18-32)27(34)33(22)19-20-11-13-21(14-12-20)23-9-4-5-10-24(23)26-28-30-31-29-26/h4-5,9-16H,2-3,6-8,17-19H2,1H3,(H,28,29,30,31). The minimum Gasteiger partial charge on any atom is -0.367 e. The summed E-state index contributed by atoms with van der Waals surface area (Å²) in [7, 11) is 0. The molecule has 7 heteroatoms. The number of unbranched alkanes of at least 4 members (excludes halogenated alkanes) is 1. The predicted octanol–water partition coefficient (Wildman–Crippen LogP) is 4.69. The van der Waals surface area contributed by atoms with Crippen LogP contribution in [0.15, 0.2) is 65.5 Å². The number of H-pyrrole nitrogens is 1. The van der Waals surface area contributed by atoms with E-state index in [1.54, 1.807) is 0 Å². The average molecular weight is 455 g/mol. The second-order valence-corrected chi connectivity index (χ2v) is 8.88. The summed E-state index contributed by atoms with van der Waals surface area (Å²) in [5.41, 5.74) is 6.24. The van der Waals surface area contributed by atoms with E-state index in [0.717, 1.165) is 78.8 Å². The number of tetrazole rings is 1. The number of benzene rings is 2. The molecule has 0 unspecified atom stereocenters. The molecule has 2 aromatic heterocycles. The van der Waals surface area contributed by atoms with Crippen LogP contribution in [0.1, 0.15) is 43.9 Å². The van der Waals surface area contributed by atoms with Crippen molar-refractivity contribution in [3.63, 3.8) is 0 Å². The third-order valence-electron chi connectivity index (χ3n) is 6.60. The van der Waals surface area contributed by atoms with Gasteiger partial charge in [0.15, 0.2) is 0 Å². The van der Waals surface area contributed by atoms with Gasteiger partial charge in [0.1, 0.15) is 5.69 Å². The third-order valence-corrected chi connectivity index (χ3v) is 6.60. The Labute approximate surface area is 199 Å². The summed E-state index contributed by atoms with van der Waals surface area (Å²) in [4.78, 5) is 15.7. The first-order valence-electron chi connectivity index (χ1n) is 12.1. The van der Waals surface area contributed by atoms with Crippen LogP contribution < -0.4 is 10.5 Å². The third kappa shape index (κ3) is 4.51. The van der Waals surface area contributed by atoms with Crippen molar-refractivity contribution < 1.29 is 0 Å². The molecule has 34 heavy (non-hydrogen) atoms. The first kappa shape index (κ1) is 22.1. The van der Waals surface area contributed by atoms with E-state index in [1.165, 1.54) is 0 Å². The minimum absolute atomic E-state index is 0.127. The molecule has 174 valence electrons. The van der Waals surface area contributed by atoms with Gasteiger partial charge >= 0.3 is 0 Å². The van der Waals surface area contributed by atoms with Gasteiger partial charge in [-0.2, -0.15) is 5.21 Å². The highest BCUT2D eigenvalue weighted by Gasteiger charge is 2.18. The van der Waals surface area contributed by atoms with Crippen LogP contribution in [0.3, 0.4) is 0 Å². The normalized spacial score (nSPS) is 13.5. The Morgan fingerprint density at radius 3 is 2.41 bits per heavy atom. The summed E-state index contributed by atoms with van der Waals surface area (Å²) in [5, 5.41) is 14.5. The minimum atomic E-state index is 0.127. The molecule has 0 bridgehead atoms. The second-order valence-electron chi connectivity index (χ2n) is 8.88. The zero-order chi connectivity index (χ0) is 23.3. The van der Waals surface area contributed by atoms with Crippen molar-refractivity contribution in [2.45, 2.75) is 45.6 Å². The lowest BCUT2D eigenvalue weighted by Gasteiger charge is -2.21. The monoisotopic (exact) mass is 454 g/mol. The summed E-state index contributed by atoms with van der Waals surface area (Å²) >= 11 is 0. The number of aryl methyl sites for hydroxylation is 1. The molecule has 0 spiro atoms. The summed E-state index contributed by atoms with van der Waals surface area (Å²) in [6.07, 6.45) is 5.42. The van der Waals surface area contributed by atoms with Crippen molar-refractivity contribution in [2.24, 2.45) is 0 Å². The van der Waals surface area contributed by atoms with Crippen LogP contribution in [0.5, 0.6) is 0 Å². The van der Waals surface area contributed by atoms with Crippen LogP contribution >= 0.6 is 0 Å². The van der Waals surface area contributed by atoms with Crippen molar-refractivity contribution in [3.05, 3.63) is 82.3 Å². The van der Waals surface area contributed by atoms with Gasteiger partial charge in [0.05, 0.1) is 6.54 Å². The fraction of sp³-hybridized carbons (Fsp3) is 0.333. The van der Waals surface area contributed by atoms with E-state index < -0.39 is 0 Å². The number of nitrogens with one attached hydrogen (secondary N) is 1. The van der Waals surface area contributed by atoms with Crippen molar-refractivity contribution in [1.82, 2.24) is 25.2 Å². The molecule has 0 saturated carbocycles. The second kappa shape index (κ2) is 10.0. The van der Waals surface area contributed by atoms with E-state index in [1.807, 2.05) is 28.8 Å². The van der Waals surface area contributed by atoms with Crippen molar-refractivity contribution in [3.8, 4) is 22.5 Å². The molecule has 4 aromatic rings. The molecule has 1 fully saturated rings. The van der Waals surface area contributed by atoms with Crippen LogP contribution in [0, 0.1) is 0 Å². The summed E-state index contributed by atoms with van der Waals surface area (Å²) in [6, 6.07) is 20.7. The molecule has 0 atom stereocenters. The van der Waals surface area contributed by atoms with Gasteiger partial charge in [0, 0.05) is 24.3 Å². The van der Waals surface area contributed by atoms with E-state index >= 15 is 0 Å². The number of rotatable bonds is 8. The average Bonchev–Trinajstić information content (AvgIpc) is 3.60. The van der Waals surface area contributed by atoms with E-state index in [4.69, 9.17) is 0 Å². The zero-order valence-corrected chi connectivity index (χ0v) is 19.6. The molecule has 0 radical (unpaired) electrons. The van der Waals surface area contributed by atoms with Crippen molar-refractivity contribution >= 4 is 5.69 Å². The SMILES string of the molecule is CCCCc1ccc(N2CCCC2)c(=O)n1Cc1ccc(-c2ccccc2-c2nn[nH]n2)cc1. The highest BCUT2D eigenvalue weighted by atomic mass is 16.1. The van der Waals surface area contributed by atoms with E-state index in [-0.39, 0.29) is 5.56 Å². The Balaban J connectivity index is 1.45. The van der Waals surface area contributed by atoms with Gasteiger partial charge in [0.2, 0.25) is 5.82 Å². The van der Waals surface area contributed by atoms with Crippen molar-refractivity contribution in [2.75, 3.05) is 18.0 Å². The molecular formula is C27H30N6O. The van der Waals surface area contributed by atoms with Crippen LogP contribution in [-0.4, -0.2) is 38.3 Å². The van der Waals surface area contributed by atoms with E-state index in [2.05, 4.69) is 68.8 Å². The maximum atomic E-state index is 13.5. The van der Waals surface area contributed by atoms with Gasteiger partial charge in [-0.05, 0) is 59.7 Å². The lowest BCUT2D eigenvalue weighted by molar-refractivity contribution is 0.664. The van der Waals surface area contributed by atoms with Gasteiger partial charge in [-0.3, -0.25) is 4.79 Å². The molecule has 5 rings (SSSR count). The van der Waals surface area contributed by atoms with Gasteiger partial charge in [-0.1, -0.05) is 61.9 Å². The number of aromatic amines is 1. The lowest BCUT2D eigenvalue weighted by atomic mass is 9.98. The Bertz CT molecular complexity index is 1290. The van der Waals surface area contributed by atoms with E-state index in [9.17, 15) is 4.79 Å². The lowest BCUT2D eigenvalue weighted by Crippen LogP contribution is -2.32. The Kier molecular flexibility index (Phi) is 6.51. The molecule has 1 N–H and O–H groups in total. The van der Waals surface area contributed by atoms with Crippen molar-refractivity contribution in [1.29, 1.82) is 0 Å². The summed E-state index contributed by atoms with van der Waals surface area (Å²) < 4.78 is 1.98. The number of nitrogens with zero attached hydrogens (tertiary/aromatic N) is 5. The molecule has 2 aromatic carbocycles. The van der Waals surface area contributed by atoms with E-state index in [0.29, 0.717) is 12.4 Å². The van der Waals surface area contributed by atoms with Crippen LogP contribution in [0.4, 0.5) is 5.69 Å². The fourth-order valence-electron chi connectivity index (χ4n) is 4.73. The smallest absolute Gasteiger partial charge is 0.274 e. The molecular weight excluding hydrogens is 424 g/mol. The molecule has 1 aliphatic rings. The van der Waals surface area contributed by atoms with Gasteiger partial charge in [0.25, 0.3) is 5.56 Å². The zero-order valence-electron chi connectivity index (χ0n) is 19.6. The summed E-state index contributed by atoms with van der Waals surface area (Å²) in [5.74, 6) is 0.575. The molecule has 0 amide bonds. The highest BCUT2D eigenvalue weighted by Crippen LogP contribution is 2.30. The number of pyridine rings is 1. The van der Waals surface area contributed by atoms with Gasteiger partial charge in [-0.15, -0.1) is 10.2 Å². The quantitative estimate of drug-likeness (QED) is 0.418. The molecule has 0 aliphatic carbocycles. The predicted molar refractivity (Wildman–Crippen MR) is 135 cm³/mol. The number of anilines is 1. The highest BCUT2D eigenvalue weighted by molar-refractivity contribution is 5.80. The topological polar surface area (TPSA) is 79.7 Å². The number of hydrogen-bond acceptors (Lipinski definition) is 5. The number of hydrogen-bond donors (Lipinski definition) is 1. The number of aromatic nitrogens is 5. The van der Waals surface area contributed by atoms with Gasteiger partial charge in [-0.25, -0.2) is 0 Å². The van der Waals surface area contributed by atoms with Gasteiger partial charge < -0.3 is 9.47 Å². The first-order valence-corrected chi connectivity index (χ1v) is 12.1. The Morgan fingerprint density at radius 1 is 0.941 bits per heavy atom. The van der Waals surface area contributed by atoms with Crippen LogP contribution in [0.25, 0.3) is 22.5 Å². The molecule has 1 saturated heterocycles. The Hall–Kier alpha value is -3.74. The molecule has 1 aliphatic heterocycles. The maximum Gasteiger partial charge on any atom is 0.274 e. The van der Waals surface area contributed by atoms with Crippen LogP contribution in [-0.2, 0) is 13.0 Å². The first-order chi connectivity index (χ1) is 16.7.